The zero-order valence-corrected chi connectivity index (χ0v) is 18.4. The second-order valence-corrected chi connectivity index (χ2v) is 9.04. The lowest BCUT2D eigenvalue weighted by Crippen LogP contribution is -2.31. The summed E-state index contributed by atoms with van der Waals surface area (Å²) in [7, 11) is 0. The van der Waals surface area contributed by atoms with Crippen molar-refractivity contribution in [2.45, 2.75) is 26.3 Å². The van der Waals surface area contributed by atoms with Crippen LogP contribution in [0.4, 0.5) is 5.69 Å². The average molecular weight is 435 g/mol. The predicted octanol–water partition coefficient (Wildman–Crippen LogP) is 4.43. The number of imidazole rings is 1. The Hall–Kier alpha value is -3.16. The van der Waals surface area contributed by atoms with Gasteiger partial charge in [0.2, 0.25) is 5.91 Å². The van der Waals surface area contributed by atoms with Gasteiger partial charge in [-0.15, -0.1) is 11.3 Å². The minimum atomic E-state index is -0.265. The van der Waals surface area contributed by atoms with Gasteiger partial charge in [0.25, 0.3) is 0 Å². The van der Waals surface area contributed by atoms with Crippen LogP contribution in [0.15, 0.2) is 64.8 Å². The van der Waals surface area contributed by atoms with E-state index in [-0.39, 0.29) is 24.2 Å². The van der Waals surface area contributed by atoms with E-state index in [4.69, 9.17) is 0 Å². The molecule has 160 valence electrons. The molecule has 1 atom stereocenters. The molecule has 4 rings (SSSR count). The zero-order valence-electron chi connectivity index (χ0n) is 17.6. The minimum Gasteiger partial charge on any atom is -0.325 e. The maximum absolute atomic E-state index is 12.6. The topological polar surface area (TPSA) is 89.8 Å². The van der Waals surface area contributed by atoms with Crippen molar-refractivity contribution in [3.05, 3.63) is 86.5 Å². The Morgan fingerprint density at radius 3 is 2.52 bits per heavy atom. The van der Waals surface area contributed by atoms with E-state index in [2.05, 4.69) is 64.8 Å². The number of thiophene rings is 1. The Morgan fingerprint density at radius 1 is 1.03 bits per heavy atom. The van der Waals surface area contributed by atoms with Crippen LogP contribution in [0.5, 0.6) is 0 Å². The maximum atomic E-state index is 12.6. The molecule has 7 heteroatoms. The number of benzene rings is 2. The van der Waals surface area contributed by atoms with Gasteiger partial charge in [0.1, 0.15) is 0 Å². The van der Waals surface area contributed by atoms with Crippen molar-refractivity contribution in [3.8, 4) is 0 Å². The Balaban J connectivity index is 1.44. The summed E-state index contributed by atoms with van der Waals surface area (Å²) in [6.07, 6.45) is 1.05. The second-order valence-electron chi connectivity index (χ2n) is 8.06. The zero-order chi connectivity index (χ0) is 21.8. The van der Waals surface area contributed by atoms with Gasteiger partial charge in [0.05, 0.1) is 23.6 Å². The molecule has 0 aliphatic rings. The van der Waals surface area contributed by atoms with Gasteiger partial charge < -0.3 is 15.3 Å². The lowest BCUT2D eigenvalue weighted by atomic mass is 9.99. The van der Waals surface area contributed by atoms with Crippen molar-refractivity contribution in [2.75, 3.05) is 11.9 Å². The number of aromatic nitrogens is 2. The Labute approximate surface area is 184 Å². The van der Waals surface area contributed by atoms with E-state index >= 15 is 0 Å². The number of H-pyrrole nitrogens is 2. The summed E-state index contributed by atoms with van der Waals surface area (Å²) in [5.41, 5.74) is 4.20. The molecule has 0 aliphatic heterocycles. The third-order valence-corrected chi connectivity index (χ3v) is 5.99. The lowest BCUT2D eigenvalue weighted by Gasteiger charge is -2.19. The van der Waals surface area contributed by atoms with E-state index in [0.29, 0.717) is 22.6 Å². The fraction of sp³-hybridized carbons (Fsp3) is 0.250. The van der Waals surface area contributed by atoms with E-state index in [1.54, 1.807) is 29.5 Å². The monoisotopic (exact) mass is 434 g/mol. The van der Waals surface area contributed by atoms with E-state index in [1.165, 1.54) is 5.56 Å². The highest BCUT2D eigenvalue weighted by molar-refractivity contribution is 7.10. The van der Waals surface area contributed by atoms with Gasteiger partial charge in [-0.25, -0.2) is 4.79 Å². The summed E-state index contributed by atoms with van der Waals surface area (Å²) in [5, 5.41) is 8.33. The third kappa shape index (κ3) is 5.31. The molecule has 1 amide bonds. The SMILES string of the molecule is CC(C)Cc1ccc([C@@H](NCC(=O)Nc2ccc3[nH]c(=O)[nH]c3c2)c2cccs2)cc1. The summed E-state index contributed by atoms with van der Waals surface area (Å²) in [6, 6.07) is 18.0. The van der Waals surface area contributed by atoms with Gasteiger partial charge >= 0.3 is 5.69 Å². The van der Waals surface area contributed by atoms with Crippen molar-refractivity contribution in [1.29, 1.82) is 0 Å². The number of aromatic amines is 2. The molecular weight excluding hydrogens is 408 g/mol. The molecule has 4 N–H and O–H groups in total. The van der Waals surface area contributed by atoms with Crippen molar-refractivity contribution in [3.63, 3.8) is 0 Å². The van der Waals surface area contributed by atoms with Gasteiger partial charge in [-0.1, -0.05) is 44.2 Å². The normalized spacial score (nSPS) is 12.4. The first-order chi connectivity index (χ1) is 15.0. The Kier molecular flexibility index (Phi) is 6.34. The van der Waals surface area contributed by atoms with Gasteiger partial charge in [0, 0.05) is 10.6 Å². The summed E-state index contributed by atoms with van der Waals surface area (Å²) in [6.45, 7) is 4.60. The maximum Gasteiger partial charge on any atom is 0.323 e. The molecule has 0 saturated heterocycles. The van der Waals surface area contributed by atoms with Crippen LogP contribution >= 0.6 is 11.3 Å². The van der Waals surface area contributed by atoms with Crippen molar-refractivity contribution < 1.29 is 4.79 Å². The van der Waals surface area contributed by atoms with Gasteiger partial charge in [-0.2, -0.15) is 0 Å². The molecule has 0 aliphatic carbocycles. The molecule has 2 aromatic heterocycles. The van der Waals surface area contributed by atoms with Crippen molar-refractivity contribution >= 4 is 34.0 Å². The number of amides is 1. The van der Waals surface area contributed by atoms with Crippen molar-refractivity contribution in [2.24, 2.45) is 5.92 Å². The van der Waals surface area contributed by atoms with Crippen LogP contribution < -0.4 is 16.3 Å². The van der Waals surface area contributed by atoms with Crippen molar-refractivity contribution in [1.82, 2.24) is 15.3 Å². The number of anilines is 1. The summed E-state index contributed by atoms with van der Waals surface area (Å²) in [5.74, 6) is 0.472. The van der Waals surface area contributed by atoms with Gasteiger partial charge in [0.15, 0.2) is 0 Å². The number of nitrogens with one attached hydrogen (secondary N) is 4. The van der Waals surface area contributed by atoms with Crippen LogP contribution in [0.25, 0.3) is 11.0 Å². The minimum absolute atomic E-state index is 0.0534. The van der Waals surface area contributed by atoms with Crippen LogP contribution in [-0.4, -0.2) is 22.4 Å². The molecule has 0 unspecified atom stereocenters. The predicted molar refractivity (Wildman–Crippen MR) is 127 cm³/mol. The molecule has 0 bridgehead atoms. The number of carbonyl (C=O) groups is 1. The molecule has 2 aromatic carbocycles. The molecule has 0 saturated carbocycles. The lowest BCUT2D eigenvalue weighted by molar-refractivity contribution is -0.115. The van der Waals surface area contributed by atoms with Crippen LogP contribution in [-0.2, 0) is 11.2 Å². The first-order valence-electron chi connectivity index (χ1n) is 10.4. The summed E-state index contributed by atoms with van der Waals surface area (Å²) in [4.78, 5) is 30.6. The molecule has 4 aromatic rings. The first kappa shape index (κ1) is 21.1. The molecular formula is C24H26N4O2S. The highest BCUT2D eigenvalue weighted by Crippen LogP contribution is 2.26. The van der Waals surface area contributed by atoms with E-state index in [0.717, 1.165) is 16.9 Å². The highest BCUT2D eigenvalue weighted by atomic mass is 32.1. The van der Waals surface area contributed by atoms with Crippen LogP contribution in [0, 0.1) is 5.92 Å². The number of hydrogen-bond donors (Lipinski definition) is 4. The summed E-state index contributed by atoms with van der Waals surface area (Å²) >= 11 is 1.67. The van der Waals surface area contributed by atoms with Crippen LogP contribution in [0.1, 0.15) is 35.9 Å². The number of carbonyl (C=O) groups excluding carboxylic acids is 1. The molecule has 31 heavy (non-hydrogen) atoms. The quantitative estimate of drug-likeness (QED) is 0.331. The fourth-order valence-electron chi connectivity index (χ4n) is 3.67. The second kappa shape index (κ2) is 9.32. The standard InChI is InChI=1S/C24H26N4O2S/c1-15(2)12-16-5-7-17(8-6-16)23(21-4-3-11-31-21)25-14-22(29)26-18-9-10-19-20(13-18)28-24(30)27-19/h3-11,13,15,23,25H,12,14H2,1-2H3,(H,26,29)(H2,27,28,30)/t23-/m1/s1. The first-order valence-corrected chi connectivity index (χ1v) is 11.2. The highest BCUT2D eigenvalue weighted by Gasteiger charge is 2.16. The molecule has 6 nitrogen and oxygen atoms in total. The van der Waals surface area contributed by atoms with E-state index in [1.807, 2.05) is 11.4 Å². The molecule has 0 radical (unpaired) electrons. The number of rotatable bonds is 8. The average Bonchev–Trinajstić information content (AvgIpc) is 3.37. The number of fused-ring (bicyclic) bond motifs is 1. The van der Waals surface area contributed by atoms with Crippen LogP contribution in [0.2, 0.25) is 0 Å². The van der Waals surface area contributed by atoms with Gasteiger partial charge in [-0.05, 0) is 53.1 Å². The molecule has 2 heterocycles. The molecule has 0 fully saturated rings. The largest absolute Gasteiger partial charge is 0.325 e. The third-order valence-electron chi connectivity index (χ3n) is 5.05. The molecule has 0 spiro atoms. The number of hydrogen-bond acceptors (Lipinski definition) is 4. The smallest absolute Gasteiger partial charge is 0.323 e. The van der Waals surface area contributed by atoms with Crippen LogP contribution in [0.3, 0.4) is 0 Å². The summed E-state index contributed by atoms with van der Waals surface area (Å²) < 4.78 is 0. The fourth-order valence-corrected chi connectivity index (χ4v) is 4.49. The Bertz CT molecular complexity index is 1210. The van der Waals surface area contributed by atoms with E-state index < -0.39 is 0 Å². The Morgan fingerprint density at radius 2 is 1.81 bits per heavy atom. The van der Waals surface area contributed by atoms with E-state index in [9.17, 15) is 9.59 Å². The van der Waals surface area contributed by atoms with Gasteiger partial charge in [-0.3, -0.25) is 10.1 Å².